The van der Waals surface area contributed by atoms with Crippen LogP contribution in [0.25, 0.3) is 5.69 Å². The summed E-state index contributed by atoms with van der Waals surface area (Å²) >= 11 is 2.14. The molecule has 2 rings (SSSR count). The van der Waals surface area contributed by atoms with E-state index in [1.165, 1.54) is 7.11 Å². The summed E-state index contributed by atoms with van der Waals surface area (Å²) in [5.41, 5.74) is 7.30. The lowest BCUT2D eigenvalue weighted by Gasteiger charge is -2.10. The fourth-order valence-electron chi connectivity index (χ4n) is 1.51. The van der Waals surface area contributed by atoms with Gasteiger partial charge in [0.05, 0.1) is 28.1 Å². The highest BCUT2D eigenvalue weighted by Gasteiger charge is 2.16. The van der Waals surface area contributed by atoms with Crippen LogP contribution in [0, 0.1) is 3.57 Å². The summed E-state index contributed by atoms with van der Waals surface area (Å²) in [6.45, 7) is 0. The molecule has 0 radical (unpaired) electrons. The molecule has 2 N–H and O–H groups in total. The summed E-state index contributed by atoms with van der Waals surface area (Å²) in [6.07, 6.45) is 3.48. The number of carbonyl (C=O) groups excluding carboxylic acids is 1. The fourth-order valence-corrected chi connectivity index (χ4v) is 1.90. The number of halogens is 1. The van der Waals surface area contributed by atoms with Gasteiger partial charge in [-0.25, -0.2) is 9.48 Å². The molecule has 1 aromatic carbocycles. The van der Waals surface area contributed by atoms with Crippen LogP contribution >= 0.6 is 22.6 Å². The molecule has 88 valence electrons. The van der Waals surface area contributed by atoms with Crippen LogP contribution in [0.5, 0.6) is 0 Å². The summed E-state index contributed by atoms with van der Waals surface area (Å²) in [5, 5.41) is 4.15. The fraction of sp³-hybridized carbons (Fsp3) is 0.0909. The Morgan fingerprint density at radius 1 is 1.53 bits per heavy atom. The van der Waals surface area contributed by atoms with Gasteiger partial charge in [-0.1, -0.05) is 6.07 Å². The van der Waals surface area contributed by atoms with Crippen LogP contribution < -0.4 is 5.73 Å². The van der Waals surface area contributed by atoms with Crippen LogP contribution in [0.1, 0.15) is 10.4 Å². The van der Waals surface area contributed by atoms with E-state index in [1.807, 2.05) is 0 Å². The van der Waals surface area contributed by atoms with E-state index in [9.17, 15) is 4.79 Å². The number of aromatic nitrogens is 2. The number of rotatable bonds is 2. The van der Waals surface area contributed by atoms with E-state index in [2.05, 4.69) is 27.7 Å². The van der Waals surface area contributed by atoms with Gasteiger partial charge in [0, 0.05) is 6.20 Å². The van der Waals surface area contributed by atoms with Crippen molar-refractivity contribution < 1.29 is 9.53 Å². The molecular formula is C11H10IN3O2. The monoisotopic (exact) mass is 343 g/mol. The summed E-state index contributed by atoms with van der Waals surface area (Å²) in [4.78, 5) is 11.6. The minimum Gasteiger partial charge on any atom is -0.465 e. The van der Waals surface area contributed by atoms with E-state index in [-0.39, 0.29) is 0 Å². The normalized spacial score (nSPS) is 10.2. The van der Waals surface area contributed by atoms with Gasteiger partial charge in [0.1, 0.15) is 5.69 Å². The predicted molar refractivity (Wildman–Crippen MR) is 72.0 cm³/mol. The summed E-state index contributed by atoms with van der Waals surface area (Å²) < 4.78 is 7.26. The second-order valence-electron chi connectivity index (χ2n) is 3.34. The largest absolute Gasteiger partial charge is 0.465 e. The van der Waals surface area contributed by atoms with Crippen LogP contribution in [0.3, 0.4) is 0 Å². The highest BCUT2D eigenvalue weighted by atomic mass is 127. The minimum absolute atomic E-state index is 0.395. The number of esters is 1. The smallest absolute Gasteiger partial charge is 0.340 e. The maximum Gasteiger partial charge on any atom is 0.340 e. The van der Waals surface area contributed by atoms with Crippen LogP contribution in [0.2, 0.25) is 0 Å². The lowest BCUT2D eigenvalue weighted by molar-refractivity contribution is 0.0600. The number of carbonyl (C=O) groups is 1. The molecule has 0 aliphatic carbocycles. The Bertz CT molecular complexity index is 566. The van der Waals surface area contributed by atoms with Gasteiger partial charge >= 0.3 is 5.97 Å². The van der Waals surface area contributed by atoms with E-state index in [4.69, 9.17) is 10.5 Å². The topological polar surface area (TPSA) is 70.1 Å². The number of methoxy groups -OCH3 is 1. The molecule has 6 heteroatoms. The molecule has 0 fully saturated rings. The Balaban J connectivity index is 2.63. The van der Waals surface area contributed by atoms with Gasteiger partial charge in [0.15, 0.2) is 0 Å². The predicted octanol–water partition coefficient (Wildman–Crippen LogP) is 1.85. The minimum atomic E-state index is -0.433. The number of hydrogen-bond acceptors (Lipinski definition) is 4. The van der Waals surface area contributed by atoms with E-state index in [1.54, 1.807) is 35.3 Å². The van der Waals surface area contributed by atoms with Crippen LogP contribution in [-0.2, 0) is 4.74 Å². The number of nitrogens with two attached hydrogens (primary N) is 1. The van der Waals surface area contributed by atoms with E-state index >= 15 is 0 Å². The number of nitrogen functional groups attached to an aromatic ring is 1. The number of benzene rings is 1. The number of para-hydroxylation sites is 1. The Hall–Kier alpha value is -1.57. The van der Waals surface area contributed by atoms with Crippen molar-refractivity contribution in [2.24, 2.45) is 0 Å². The summed E-state index contributed by atoms with van der Waals surface area (Å²) in [5.74, 6) is -0.433. The molecule has 0 spiro atoms. The van der Waals surface area contributed by atoms with E-state index in [0.717, 1.165) is 3.57 Å². The lowest BCUT2D eigenvalue weighted by atomic mass is 10.1. The number of ether oxygens (including phenoxy) is 1. The standard InChI is InChI=1S/C11H10IN3O2/c1-17-11(16)8-3-2-4-9(13)10(8)15-6-7(12)5-14-15/h2-6H,13H2,1H3. The lowest BCUT2D eigenvalue weighted by Crippen LogP contribution is -2.10. The summed E-state index contributed by atoms with van der Waals surface area (Å²) in [6, 6.07) is 5.09. The molecule has 2 aromatic rings. The molecule has 5 nitrogen and oxygen atoms in total. The number of anilines is 1. The zero-order valence-corrected chi connectivity index (χ0v) is 11.2. The molecule has 17 heavy (non-hydrogen) atoms. The molecule has 1 aromatic heterocycles. The maximum atomic E-state index is 11.6. The molecule has 0 unspecified atom stereocenters. The van der Waals surface area contributed by atoms with Gasteiger partial charge in [0.25, 0.3) is 0 Å². The molecule has 0 aliphatic rings. The molecule has 0 saturated carbocycles. The Kier molecular flexibility index (Phi) is 3.32. The van der Waals surface area contributed by atoms with Gasteiger partial charge < -0.3 is 10.5 Å². The van der Waals surface area contributed by atoms with Crippen LogP contribution in [0.4, 0.5) is 5.69 Å². The van der Waals surface area contributed by atoms with Gasteiger partial charge in [0.2, 0.25) is 0 Å². The first-order valence-electron chi connectivity index (χ1n) is 4.81. The van der Waals surface area contributed by atoms with Crippen molar-refractivity contribution in [3.05, 3.63) is 39.7 Å². The van der Waals surface area contributed by atoms with Gasteiger partial charge in [-0.3, -0.25) is 0 Å². The number of hydrogen-bond donors (Lipinski definition) is 1. The van der Waals surface area contributed by atoms with Crippen molar-refractivity contribution in [1.82, 2.24) is 9.78 Å². The second-order valence-corrected chi connectivity index (χ2v) is 4.58. The molecule has 1 heterocycles. The molecule has 0 saturated heterocycles. The van der Waals surface area contributed by atoms with Crippen LogP contribution in [-0.4, -0.2) is 22.9 Å². The first-order chi connectivity index (χ1) is 8.13. The van der Waals surface area contributed by atoms with Crippen molar-refractivity contribution >= 4 is 34.2 Å². The van der Waals surface area contributed by atoms with Crippen molar-refractivity contribution in [2.45, 2.75) is 0 Å². The van der Waals surface area contributed by atoms with Crippen molar-refractivity contribution in [1.29, 1.82) is 0 Å². The van der Waals surface area contributed by atoms with Gasteiger partial charge in [-0.15, -0.1) is 0 Å². The Morgan fingerprint density at radius 3 is 2.88 bits per heavy atom. The third-order valence-electron chi connectivity index (χ3n) is 2.25. The first-order valence-corrected chi connectivity index (χ1v) is 5.88. The zero-order valence-electron chi connectivity index (χ0n) is 9.05. The highest BCUT2D eigenvalue weighted by Crippen LogP contribution is 2.22. The molecule has 0 atom stereocenters. The third kappa shape index (κ3) is 2.26. The number of nitrogens with zero attached hydrogens (tertiary/aromatic N) is 2. The quantitative estimate of drug-likeness (QED) is 0.513. The molecule has 0 bridgehead atoms. The Morgan fingerprint density at radius 2 is 2.29 bits per heavy atom. The zero-order chi connectivity index (χ0) is 12.4. The van der Waals surface area contributed by atoms with E-state index in [0.29, 0.717) is 16.9 Å². The summed E-state index contributed by atoms with van der Waals surface area (Å²) in [7, 11) is 1.34. The third-order valence-corrected chi connectivity index (χ3v) is 2.81. The average Bonchev–Trinajstić information content (AvgIpc) is 2.74. The molecular weight excluding hydrogens is 333 g/mol. The van der Waals surface area contributed by atoms with Gasteiger partial charge in [-0.05, 0) is 34.7 Å². The van der Waals surface area contributed by atoms with E-state index < -0.39 is 5.97 Å². The van der Waals surface area contributed by atoms with Gasteiger partial charge in [-0.2, -0.15) is 5.10 Å². The molecule has 0 amide bonds. The maximum absolute atomic E-state index is 11.6. The van der Waals surface area contributed by atoms with Crippen LogP contribution in [0.15, 0.2) is 30.6 Å². The first kappa shape index (κ1) is 11.9. The second kappa shape index (κ2) is 4.74. The van der Waals surface area contributed by atoms with Crippen molar-refractivity contribution in [2.75, 3.05) is 12.8 Å². The molecule has 0 aliphatic heterocycles. The SMILES string of the molecule is COC(=O)c1cccc(N)c1-n1cc(I)cn1. The Labute approximate surface area is 112 Å². The van der Waals surface area contributed by atoms with Crippen molar-refractivity contribution in [3.8, 4) is 5.69 Å². The average molecular weight is 343 g/mol. The van der Waals surface area contributed by atoms with Crippen molar-refractivity contribution in [3.63, 3.8) is 0 Å². The highest BCUT2D eigenvalue weighted by molar-refractivity contribution is 14.1.